The summed E-state index contributed by atoms with van der Waals surface area (Å²) in [5, 5.41) is 14.4. The third-order valence-electron chi connectivity index (χ3n) is 4.55. The molecule has 3 aromatic heterocycles. The molecule has 28 heavy (non-hydrogen) atoms. The number of hydrogen-bond acceptors (Lipinski definition) is 3. The maximum absolute atomic E-state index is 4.87. The highest BCUT2D eigenvalue weighted by Gasteiger charge is 2.33. The van der Waals surface area contributed by atoms with Crippen LogP contribution in [0.1, 0.15) is 76.4 Å². The van der Waals surface area contributed by atoms with Crippen molar-refractivity contribution in [3.05, 3.63) is 49.1 Å². The summed E-state index contributed by atoms with van der Waals surface area (Å²) in [6.45, 7) is 12.9. The second kappa shape index (κ2) is 8.48. The first-order chi connectivity index (χ1) is 13.1. The van der Waals surface area contributed by atoms with Crippen LogP contribution >= 0.6 is 47.8 Å². The summed E-state index contributed by atoms with van der Waals surface area (Å²) in [7, 11) is -0.351. The van der Waals surface area contributed by atoms with Gasteiger partial charge < -0.3 is 0 Å². The van der Waals surface area contributed by atoms with Crippen molar-refractivity contribution in [1.82, 2.24) is 29.1 Å². The summed E-state index contributed by atoms with van der Waals surface area (Å²) in [4.78, 5) is 0. The summed E-state index contributed by atoms with van der Waals surface area (Å²) < 4.78 is 8.79. The molecule has 6 nitrogen and oxygen atoms in total. The van der Waals surface area contributed by atoms with Gasteiger partial charge in [-0.2, -0.15) is 15.3 Å². The summed E-state index contributed by atoms with van der Waals surface area (Å²) in [5.41, 5.74) is 3.12. The van der Waals surface area contributed by atoms with E-state index in [-0.39, 0.29) is 13.0 Å². The van der Waals surface area contributed by atoms with Crippen molar-refractivity contribution < 1.29 is 0 Å². The Morgan fingerprint density at radius 3 is 1.57 bits per heavy atom. The van der Waals surface area contributed by atoms with Crippen molar-refractivity contribution in [2.75, 3.05) is 0 Å². The molecule has 0 atom stereocenters. The van der Waals surface area contributed by atoms with Crippen LogP contribution in [0.5, 0.6) is 0 Å². The summed E-state index contributed by atoms with van der Waals surface area (Å²) >= 11 is 11.0. The zero-order valence-corrected chi connectivity index (χ0v) is 21.6. The van der Waals surface area contributed by atoms with Crippen molar-refractivity contribution >= 4 is 54.9 Å². The Morgan fingerprint density at radius 1 is 0.750 bits per heavy atom. The van der Waals surface area contributed by atoms with Crippen LogP contribution in [0.25, 0.3) is 0 Å². The van der Waals surface area contributed by atoms with Gasteiger partial charge in [-0.25, -0.2) is 0 Å². The van der Waals surface area contributed by atoms with E-state index in [2.05, 4.69) is 94.4 Å². The Balaban J connectivity index is 2.23. The van der Waals surface area contributed by atoms with Crippen LogP contribution in [0.2, 0.25) is 0 Å². The molecule has 3 rings (SSSR count). The van der Waals surface area contributed by atoms with Crippen molar-refractivity contribution in [1.29, 1.82) is 0 Å². The molecule has 150 valence electrons. The van der Waals surface area contributed by atoms with Gasteiger partial charge in [-0.3, -0.25) is 13.8 Å². The SMILES string of the molecule is CC(C)c1nn(B(n2cc(Br)c(C(C)C)n2)n2ncc(Br)c2C(C)C)cc1Br. The van der Waals surface area contributed by atoms with E-state index in [0.717, 1.165) is 30.5 Å². The fourth-order valence-electron chi connectivity index (χ4n) is 3.21. The lowest BCUT2D eigenvalue weighted by Gasteiger charge is -2.18. The van der Waals surface area contributed by atoms with Gasteiger partial charge >= 0.3 is 7.12 Å². The fourth-order valence-corrected chi connectivity index (χ4v) is 5.43. The normalized spacial score (nSPS) is 12.0. The zero-order valence-electron chi connectivity index (χ0n) is 16.9. The first-order valence-corrected chi connectivity index (χ1v) is 11.7. The second-order valence-electron chi connectivity index (χ2n) is 7.82. The fraction of sp³-hybridized carbons (Fsp3) is 0.500. The smallest absolute Gasteiger partial charge is 0.267 e. The third kappa shape index (κ3) is 4.05. The summed E-state index contributed by atoms with van der Waals surface area (Å²) in [6, 6.07) is 0. The Hall–Kier alpha value is -0.865. The summed E-state index contributed by atoms with van der Waals surface area (Å²) in [5.74, 6) is 0.896. The minimum Gasteiger partial charge on any atom is -0.267 e. The molecule has 0 N–H and O–H groups in total. The van der Waals surface area contributed by atoms with Crippen molar-refractivity contribution in [3.63, 3.8) is 0 Å². The molecule has 0 fully saturated rings. The maximum atomic E-state index is 4.87. The molecule has 0 spiro atoms. The monoisotopic (exact) mass is 572 g/mol. The van der Waals surface area contributed by atoms with Crippen LogP contribution in [0.15, 0.2) is 32.0 Å². The van der Waals surface area contributed by atoms with Crippen molar-refractivity contribution in [3.8, 4) is 0 Å². The molecule has 0 bridgehead atoms. The van der Waals surface area contributed by atoms with E-state index >= 15 is 0 Å². The van der Waals surface area contributed by atoms with Crippen molar-refractivity contribution in [2.24, 2.45) is 0 Å². The Bertz CT molecular complexity index is 920. The van der Waals surface area contributed by atoms with Gasteiger partial charge in [0.25, 0.3) is 0 Å². The second-order valence-corrected chi connectivity index (χ2v) is 10.4. The predicted molar refractivity (Wildman–Crippen MR) is 124 cm³/mol. The first-order valence-electron chi connectivity index (χ1n) is 9.33. The van der Waals surface area contributed by atoms with Gasteiger partial charge in [0.05, 0.1) is 31.0 Å². The molecule has 10 heteroatoms. The van der Waals surface area contributed by atoms with Gasteiger partial charge in [0, 0.05) is 18.1 Å². The standard InChI is InChI=1S/C18H24BBr3N6/c1-10(2)16-14(21)8-26(24-16)19(27-9-15(22)17(25-27)11(3)4)28-18(12(5)6)13(20)7-23-28/h7-12H,1-6H3. The number of rotatable bonds is 6. The quantitative estimate of drug-likeness (QED) is 0.347. The highest BCUT2D eigenvalue weighted by molar-refractivity contribution is 9.11. The number of hydrogen-bond donors (Lipinski definition) is 0. The average Bonchev–Trinajstić information content (AvgIpc) is 3.26. The van der Waals surface area contributed by atoms with Gasteiger partial charge in [-0.05, 0) is 65.5 Å². The highest BCUT2D eigenvalue weighted by Crippen LogP contribution is 2.28. The molecule has 0 amide bonds. The van der Waals surface area contributed by atoms with E-state index in [1.165, 1.54) is 0 Å². The number of aromatic nitrogens is 6. The van der Waals surface area contributed by atoms with E-state index in [4.69, 9.17) is 10.2 Å². The minimum absolute atomic E-state index is 0.284. The lowest BCUT2D eigenvalue weighted by molar-refractivity contribution is 0.691. The topological polar surface area (TPSA) is 53.5 Å². The molecule has 0 radical (unpaired) electrons. The molecule has 0 aliphatic carbocycles. The van der Waals surface area contributed by atoms with E-state index in [9.17, 15) is 0 Å². The molecular weight excluding hydrogens is 551 g/mol. The van der Waals surface area contributed by atoms with Crippen LogP contribution in [0.3, 0.4) is 0 Å². The van der Waals surface area contributed by atoms with E-state index < -0.39 is 0 Å². The first kappa shape index (κ1) is 21.8. The molecule has 0 unspecified atom stereocenters. The van der Waals surface area contributed by atoms with Gasteiger partial charge in [0.15, 0.2) is 0 Å². The van der Waals surface area contributed by atoms with Gasteiger partial charge in [-0.1, -0.05) is 41.5 Å². The molecule has 3 aromatic rings. The van der Waals surface area contributed by atoms with E-state index in [1.54, 1.807) is 0 Å². The lowest BCUT2D eigenvalue weighted by Crippen LogP contribution is -2.44. The number of halogens is 3. The van der Waals surface area contributed by atoms with Crippen LogP contribution < -0.4 is 0 Å². The molecule has 0 aliphatic heterocycles. The largest absolute Gasteiger partial charge is 0.569 e. The zero-order chi connectivity index (χ0) is 20.7. The van der Waals surface area contributed by atoms with Crippen LogP contribution in [0.4, 0.5) is 0 Å². The third-order valence-corrected chi connectivity index (χ3v) is 6.38. The Morgan fingerprint density at radius 2 is 1.21 bits per heavy atom. The molecule has 0 aromatic carbocycles. The predicted octanol–water partition coefficient (Wildman–Crippen LogP) is 5.86. The maximum Gasteiger partial charge on any atom is 0.569 e. The van der Waals surface area contributed by atoms with Gasteiger partial charge in [0.1, 0.15) is 0 Å². The molecule has 3 heterocycles. The Kier molecular flexibility index (Phi) is 6.61. The molecule has 0 aliphatic rings. The number of nitrogens with zero attached hydrogens (tertiary/aromatic N) is 6. The van der Waals surface area contributed by atoms with E-state index in [1.807, 2.05) is 32.4 Å². The molecule has 0 saturated carbocycles. The van der Waals surface area contributed by atoms with E-state index in [0.29, 0.717) is 11.8 Å². The molecular formula is C18H24BBr3N6. The van der Waals surface area contributed by atoms with Gasteiger partial charge in [0.2, 0.25) is 0 Å². The highest BCUT2D eigenvalue weighted by atomic mass is 79.9. The molecule has 0 saturated heterocycles. The average molecular weight is 575 g/mol. The Labute approximate surface area is 191 Å². The van der Waals surface area contributed by atoms with Crippen molar-refractivity contribution in [2.45, 2.75) is 59.3 Å². The summed E-state index contributed by atoms with van der Waals surface area (Å²) in [6.07, 6.45) is 5.85. The van der Waals surface area contributed by atoms with Crippen LogP contribution in [-0.2, 0) is 0 Å². The van der Waals surface area contributed by atoms with Gasteiger partial charge in [-0.15, -0.1) is 0 Å². The van der Waals surface area contributed by atoms with Crippen LogP contribution in [-0.4, -0.2) is 36.2 Å². The minimum atomic E-state index is -0.351. The lowest BCUT2D eigenvalue weighted by atomic mass is 9.93. The van der Waals surface area contributed by atoms with Crippen LogP contribution in [0, 0.1) is 0 Å².